The molecule has 0 spiro atoms. The van der Waals surface area contributed by atoms with Crippen molar-refractivity contribution in [1.82, 2.24) is 9.80 Å². The van der Waals surface area contributed by atoms with Gasteiger partial charge in [0.15, 0.2) is 0 Å². The van der Waals surface area contributed by atoms with Crippen molar-refractivity contribution in [2.45, 2.75) is 69.4 Å². The molecule has 0 aliphatic carbocycles. The summed E-state index contributed by atoms with van der Waals surface area (Å²) in [4.78, 5) is 30.3. The third kappa shape index (κ3) is 11.2. The summed E-state index contributed by atoms with van der Waals surface area (Å²) in [5.74, 6) is -0.171. The fraction of sp³-hybridized carbons (Fsp3) is 0.459. The maximum Gasteiger partial charge on any atom is 0.416 e. The first-order chi connectivity index (χ1) is 25.0. The molecule has 53 heavy (non-hydrogen) atoms. The zero-order valence-electron chi connectivity index (χ0n) is 30.4. The van der Waals surface area contributed by atoms with E-state index in [2.05, 4.69) is 10.0 Å². The van der Waals surface area contributed by atoms with E-state index in [1.165, 1.54) is 72.5 Å². The summed E-state index contributed by atoms with van der Waals surface area (Å²) < 4.78 is 85.7. The third-order valence-electron chi connectivity index (χ3n) is 8.94. The average Bonchev–Trinajstić information content (AvgIpc) is 3.12. The van der Waals surface area contributed by atoms with Crippen molar-refractivity contribution >= 4 is 33.3 Å². The number of carbonyl (C=O) groups excluding carboxylic acids is 2. The molecule has 3 N–H and O–H groups in total. The lowest BCUT2D eigenvalue weighted by Gasteiger charge is -2.35. The van der Waals surface area contributed by atoms with E-state index in [9.17, 15) is 36.3 Å². The SMILES string of the molecule is COc1ccc(S(=O)(=O)Nc2ccc3c(c2)C(=O)N([C@H](C)CO)C[C@H](C)[C@@H](CN(C)C(=O)Nc2ccc(C(F)(F)F)cc2)OCCCC[C@@H](C)O3)cc1. The minimum Gasteiger partial charge on any atom is -0.497 e. The lowest BCUT2D eigenvalue weighted by Crippen LogP contribution is -2.48. The Bertz CT molecular complexity index is 1790. The number of amides is 3. The van der Waals surface area contributed by atoms with Gasteiger partial charge in [-0.1, -0.05) is 6.92 Å². The van der Waals surface area contributed by atoms with Crippen LogP contribution in [0.2, 0.25) is 0 Å². The van der Waals surface area contributed by atoms with Gasteiger partial charge in [-0.25, -0.2) is 13.2 Å². The van der Waals surface area contributed by atoms with Gasteiger partial charge >= 0.3 is 12.2 Å². The highest BCUT2D eigenvalue weighted by molar-refractivity contribution is 7.92. The standard InChI is InChI=1S/C37H47F3N4O8S/c1-24-21-44(25(2)23-45)35(46)32-20-29(42-53(48,49)31-16-14-30(50-5)15-17-31)13-18-33(32)52-26(3)8-6-7-19-51-34(24)22-43(4)36(47)41-28-11-9-27(10-12-28)37(38,39)40/h9-18,20,24-26,34,42,45H,6-8,19,21-23H2,1-5H3,(H,41,47)/t24-,25+,26+,34+/m0/s1. The number of aliphatic hydroxyl groups is 1. The van der Waals surface area contributed by atoms with Crippen LogP contribution in [0.25, 0.3) is 0 Å². The first-order valence-electron chi connectivity index (χ1n) is 17.2. The number of benzene rings is 3. The van der Waals surface area contributed by atoms with Gasteiger partial charge in [0, 0.05) is 44.0 Å². The number of alkyl halides is 3. The predicted octanol–water partition coefficient (Wildman–Crippen LogP) is 6.47. The molecule has 4 rings (SSSR count). The molecule has 12 nitrogen and oxygen atoms in total. The predicted molar refractivity (Wildman–Crippen MR) is 194 cm³/mol. The number of likely N-dealkylation sites (N-methyl/N-ethyl adjacent to an activating group) is 1. The van der Waals surface area contributed by atoms with Crippen molar-refractivity contribution in [3.8, 4) is 11.5 Å². The number of rotatable bonds is 9. The van der Waals surface area contributed by atoms with Crippen LogP contribution in [0, 0.1) is 5.92 Å². The van der Waals surface area contributed by atoms with Crippen LogP contribution in [0.3, 0.4) is 0 Å². The number of fused-ring (bicyclic) bond motifs is 1. The van der Waals surface area contributed by atoms with Gasteiger partial charge in [0.25, 0.3) is 15.9 Å². The van der Waals surface area contributed by atoms with Crippen LogP contribution >= 0.6 is 0 Å². The number of urea groups is 1. The minimum absolute atomic E-state index is 0.0111. The largest absolute Gasteiger partial charge is 0.497 e. The van der Waals surface area contributed by atoms with Crippen LogP contribution in [-0.2, 0) is 20.9 Å². The van der Waals surface area contributed by atoms with Crippen LogP contribution in [0.1, 0.15) is 56.0 Å². The summed E-state index contributed by atoms with van der Waals surface area (Å²) in [7, 11) is -1.05. The topological polar surface area (TPSA) is 147 Å². The fourth-order valence-corrected chi connectivity index (χ4v) is 6.78. The Morgan fingerprint density at radius 3 is 2.34 bits per heavy atom. The van der Waals surface area contributed by atoms with Gasteiger partial charge in [0.1, 0.15) is 11.5 Å². The maximum atomic E-state index is 14.4. The highest BCUT2D eigenvalue weighted by Gasteiger charge is 2.32. The van der Waals surface area contributed by atoms with Gasteiger partial charge in [-0.2, -0.15) is 13.2 Å². The Morgan fingerprint density at radius 1 is 1.06 bits per heavy atom. The maximum absolute atomic E-state index is 14.4. The number of hydrogen-bond acceptors (Lipinski definition) is 8. The van der Waals surface area contributed by atoms with Crippen molar-refractivity contribution in [3.63, 3.8) is 0 Å². The molecule has 290 valence electrons. The quantitative estimate of drug-likeness (QED) is 0.225. The number of aliphatic hydroxyl groups excluding tert-OH is 1. The number of nitrogens with one attached hydrogen (secondary N) is 2. The normalized spacial score (nSPS) is 19.6. The van der Waals surface area contributed by atoms with Crippen molar-refractivity contribution < 1.29 is 50.5 Å². The molecule has 0 aromatic heterocycles. The molecular weight excluding hydrogens is 717 g/mol. The van der Waals surface area contributed by atoms with Gasteiger partial charge in [-0.05, 0) is 99.8 Å². The van der Waals surface area contributed by atoms with Gasteiger partial charge in [-0.3, -0.25) is 9.52 Å². The highest BCUT2D eigenvalue weighted by Crippen LogP contribution is 2.31. The fourth-order valence-electron chi connectivity index (χ4n) is 5.73. The Morgan fingerprint density at radius 2 is 1.72 bits per heavy atom. The van der Waals surface area contributed by atoms with E-state index in [1.54, 1.807) is 13.0 Å². The smallest absolute Gasteiger partial charge is 0.416 e. The first kappa shape index (κ1) is 41.2. The minimum atomic E-state index is -4.51. The number of sulfonamides is 1. The monoisotopic (exact) mass is 764 g/mol. The number of carbonyl (C=O) groups is 2. The van der Waals surface area contributed by atoms with Gasteiger partial charge < -0.3 is 34.4 Å². The van der Waals surface area contributed by atoms with Crippen LogP contribution in [0.4, 0.5) is 29.3 Å². The zero-order valence-corrected chi connectivity index (χ0v) is 31.2. The van der Waals surface area contributed by atoms with Crippen LogP contribution in [0.5, 0.6) is 11.5 Å². The van der Waals surface area contributed by atoms with E-state index in [-0.39, 0.29) is 53.4 Å². The van der Waals surface area contributed by atoms with E-state index in [1.807, 2.05) is 13.8 Å². The van der Waals surface area contributed by atoms with Gasteiger partial charge in [-0.15, -0.1) is 0 Å². The summed E-state index contributed by atoms with van der Waals surface area (Å²) in [6.07, 6.45) is -3.39. The third-order valence-corrected chi connectivity index (χ3v) is 10.3. The molecule has 0 saturated heterocycles. The molecule has 1 heterocycles. The van der Waals surface area contributed by atoms with E-state index >= 15 is 0 Å². The molecular formula is C37H47F3N4O8S. The number of anilines is 2. The van der Waals surface area contributed by atoms with E-state index in [0.29, 0.717) is 25.2 Å². The molecule has 0 fully saturated rings. The molecule has 3 amide bonds. The van der Waals surface area contributed by atoms with Crippen molar-refractivity contribution in [2.75, 3.05) is 50.5 Å². The molecule has 1 aliphatic heterocycles. The molecule has 0 saturated carbocycles. The summed E-state index contributed by atoms with van der Waals surface area (Å²) in [6.45, 7) is 5.52. The molecule has 0 bridgehead atoms. The second-order valence-electron chi connectivity index (χ2n) is 13.2. The Hall–Kier alpha value is -4.54. The van der Waals surface area contributed by atoms with Crippen LogP contribution < -0.4 is 19.5 Å². The van der Waals surface area contributed by atoms with Crippen LogP contribution in [-0.4, -0.2) is 94.0 Å². The number of hydrogen-bond donors (Lipinski definition) is 3. The molecule has 0 radical (unpaired) electrons. The zero-order chi connectivity index (χ0) is 38.9. The Balaban J connectivity index is 1.59. The van der Waals surface area contributed by atoms with Crippen LogP contribution in [0.15, 0.2) is 71.6 Å². The van der Waals surface area contributed by atoms with Crippen molar-refractivity contribution in [3.05, 3.63) is 77.9 Å². The van der Waals surface area contributed by atoms with Gasteiger partial charge in [0.2, 0.25) is 0 Å². The second-order valence-corrected chi connectivity index (χ2v) is 14.9. The molecule has 3 aromatic carbocycles. The number of halogens is 3. The molecule has 1 aliphatic rings. The van der Waals surface area contributed by atoms with Crippen molar-refractivity contribution in [2.24, 2.45) is 5.92 Å². The van der Waals surface area contributed by atoms with Crippen molar-refractivity contribution in [1.29, 1.82) is 0 Å². The average molecular weight is 765 g/mol. The molecule has 16 heteroatoms. The lowest BCUT2D eigenvalue weighted by molar-refractivity contribution is -0.137. The van der Waals surface area contributed by atoms with E-state index in [0.717, 1.165) is 18.6 Å². The Kier molecular flexibility index (Phi) is 14.0. The van der Waals surface area contributed by atoms with E-state index in [4.69, 9.17) is 14.2 Å². The number of methoxy groups -OCH3 is 1. The summed E-state index contributed by atoms with van der Waals surface area (Å²) in [5, 5.41) is 12.8. The summed E-state index contributed by atoms with van der Waals surface area (Å²) in [6, 6.07) is 13.2. The molecule has 4 atom stereocenters. The summed E-state index contributed by atoms with van der Waals surface area (Å²) in [5.41, 5.74) is -0.445. The first-order valence-corrected chi connectivity index (χ1v) is 18.7. The molecule has 3 aromatic rings. The number of nitrogens with zero attached hydrogens (tertiary/aromatic N) is 2. The van der Waals surface area contributed by atoms with E-state index < -0.39 is 51.8 Å². The molecule has 0 unspecified atom stereocenters. The Labute approximate surface area is 308 Å². The second kappa shape index (κ2) is 18.0. The summed E-state index contributed by atoms with van der Waals surface area (Å²) >= 11 is 0. The lowest BCUT2D eigenvalue weighted by atomic mass is 10.0. The number of ether oxygens (including phenoxy) is 3. The van der Waals surface area contributed by atoms with Gasteiger partial charge in [0.05, 0.1) is 48.0 Å². The highest BCUT2D eigenvalue weighted by atomic mass is 32.2.